The molecule has 2 aromatic rings. The van der Waals surface area contributed by atoms with Crippen molar-refractivity contribution >= 4 is 11.6 Å². The number of nitrogens with one attached hydrogen (secondary N) is 1. The van der Waals surface area contributed by atoms with Crippen LogP contribution in [0, 0.1) is 5.82 Å². The Balaban J connectivity index is 2.86. The van der Waals surface area contributed by atoms with Crippen molar-refractivity contribution < 1.29 is 4.39 Å². The van der Waals surface area contributed by atoms with E-state index in [9.17, 15) is 14.0 Å². The topological polar surface area (TPSA) is 54.9 Å². The normalized spacial score (nSPS) is 11.0. The SMILES string of the molecule is CC(C)n1c(=O)[nH]c(Cl)c(-c2ccccc2F)c1=O. The minimum atomic E-state index is -0.606. The summed E-state index contributed by atoms with van der Waals surface area (Å²) in [6, 6.07) is 5.44. The summed E-state index contributed by atoms with van der Waals surface area (Å²) in [7, 11) is 0. The highest BCUT2D eigenvalue weighted by Gasteiger charge is 2.18. The smallest absolute Gasteiger partial charge is 0.297 e. The first-order valence-corrected chi connectivity index (χ1v) is 6.10. The lowest BCUT2D eigenvalue weighted by molar-refractivity contribution is 0.546. The molecule has 100 valence electrons. The molecule has 0 saturated carbocycles. The summed E-state index contributed by atoms with van der Waals surface area (Å²) in [5, 5.41) is -0.156. The van der Waals surface area contributed by atoms with Crippen molar-refractivity contribution in [2.24, 2.45) is 0 Å². The molecule has 0 spiro atoms. The van der Waals surface area contributed by atoms with Crippen molar-refractivity contribution in [2.75, 3.05) is 0 Å². The highest BCUT2D eigenvalue weighted by Crippen LogP contribution is 2.24. The molecule has 0 radical (unpaired) electrons. The number of hydrogen-bond donors (Lipinski definition) is 1. The summed E-state index contributed by atoms with van der Waals surface area (Å²) in [5.74, 6) is -0.566. The fraction of sp³-hybridized carbons (Fsp3) is 0.231. The predicted octanol–water partition coefficient (Wildman–Crippen LogP) is 2.58. The van der Waals surface area contributed by atoms with E-state index in [0.717, 1.165) is 4.57 Å². The highest BCUT2D eigenvalue weighted by atomic mass is 35.5. The van der Waals surface area contributed by atoms with Crippen molar-refractivity contribution in [3.8, 4) is 11.1 Å². The Morgan fingerprint density at radius 2 is 1.89 bits per heavy atom. The average molecular weight is 283 g/mol. The Morgan fingerprint density at radius 3 is 2.47 bits per heavy atom. The van der Waals surface area contributed by atoms with Crippen LogP contribution in [-0.4, -0.2) is 9.55 Å². The third kappa shape index (κ3) is 2.33. The van der Waals surface area contributed by atoms with Crippen LogP contribution < -0.4 is 11.2 Å². The van der Waals surface area contributed by atoms with Gasteiger partial charge in [-0.2, -0.15) is 0 Å². The lowest BCUT2D eigenvalue weighted by atomic mass is 10.1. The molecule has 4 nitrogen and oxygen atoms in total. The van der Waals surface area contributed by atoms with Gasteiger partial charge >= 0.3 is 5.69 Å². The minimum Gasteiger partial charge on any atom is -0.297 e. The largest absolute Gasteiger partial charge is 0.329 e. The van der Waals surface area contributed by atoms with E-state index in [1.54, 1.807) is 19.9 Å². The van der Waals surface area contributed by atoms with Crippen LogP contribution >= 0.6 is 11.6 Å². The van der Waals surface area contributed by atoms with Gasteiger partial charge in [0.05, 0.1) is 5.56 Å². The standard InChI is InChI=1S/C13H12ClFN2O2/c1-7(2)17-12(18)10(11(14)16-13(17)19)8-5-3-4-6-9(8)15/h3-7H,1-2H3,(H,16,19). The molecule has 0 aliphatic rings. The van der Waals surface area contributed by atoms with Gasteiger partial charge in [0, 0.05) is 11.6 Å². The monoisotopic (exact) mass is 282 g/mol. The third-order valence-corrected chi connectivity index (χ3v) is 3.03. The van der Waals surface area contributed by atoms with Crippen molar-refractivity contribution in [1.29, 1.82) is 0 Å². The van der Waals surface area contributed by atoms with Crippen molar-refractivity contribution in [3.05, 3.63) is 56.1 Å². The first-order valence-electron chi connectivity index (χ1n) is 5.72. The zero-order chi connectivity index (χ0) is 14.2. The van der Waals surface area contributed by atoms with Crippen LogP contribution in [0.3, 0.4) is 0 Å². The molecule has 0 fully saturated rings. The maximum Gasteiger partial charge on any atom is 0.329 e. The number of hydrogen-bond acceptors (Lipinski definition) is 2. The molecule has 0 saturated heterocycles. The number of aromatic nitrogens is 2. The van der Waals surface area contributed by atoms with Gasteiger partial charge < -0.3 is 0 Å². The molecule has 0 aliphatic heterocycles. The Labute approximate surface area is 113 Å². The fourth-order valence-electron chi connectivity index (χ4n) is 1.89. The van der Waals surface area contributed by atoms with E-state index in [4.69, 9.17) is 11.6 Å². The average Bonchev–Trinajstić information content (AvgIpc) is 2.30. The highest BCUT2D eigenvalue weighted by molar-refractivity contribution is 6.32. The summed E-state index contributed by atoms with van der Waals surface area (Å²) in [4.78, 5) is 26.4. The number of rotatable bonds is 2. The first-order chi connectivity index (χ1) is 8.93. The summed E-state index contributed by atoms with van der Waals surface area (Å²) in [5.41, 5.74) is -1.17. The van der Waals surface area contributed by atoms with Gasteiger partial charge in [0.25, 0.3) is 5.56 Å². The molecule has 0 unspecified atom stereocenters. The molecule has 1 aromatic carbocycles. The van der Waals surface area contributed by atoms with E-state index < -0.39 is 17.1 Å². The lowest BCUT2D eigenvalue weighted by Gasteiger charge is -2.12. The van der Waals surface area contributed by atoms with Crippen LogP contribution in [0.2, 0.25) is 5.15 Å². The Hall–Kier alpha value is -1.88. The summed E-state index contributed by atoms with van der Waals surface area (Å²) < 4.78 is 14.8. The first kappa shape index (κ1) is 13.5. The molecule has 0 amide bonds. The van der Waals surface area contributed by atoms with Gasteiger partial charge in [0.2, 0.25) is 0 Å². The van der Waals surface area contributed by atoms with Gasteiger partial charge in [0.1, 0.15) is 11.0 Å². The Bertz CT molecular complexity index is 734. The number of halogens is 2. The molecule has 19 heavy (non-hydrogen) atoms. The van der Waals surface area contributed by atoms with Crippen molar-refractivity contribution in [2.45, 2.75) is 19.9 Å². The molecular weight excluding hydrogens is 271 g/mol. The van der Waals surface area contributed by atoms with E-state index in [0.29, 0.717) is 0 Å². The van der Waals surface area contributed by atoms with Gasteiger partial charge in [-0.25, -0.2) is 9.18 Å². The van der Waals surface area contributed by atoms with E-state index >= 15 is 0 Å². The van der Waals surface area contributed by atoms with E-state index in [1.807, 2.05) is 0 Å². The van der Waals surface area contributed by atoms with E-state index in [1.165, 1.54) is 18.2 Å². The molecule has 1 heterocycles. The van der Waals surface area contributed by atoms with Gasteiger partial charge in [-0.3, -0.25) is 14.3 Å². The summed E-state index contributed by atoms with van der Waals surface area (Å²) in [6.45, 7) is 3.38. The number of nitrogens with zero attached hydrogens (tertiary/aromatic N) is 1. The number of aromatic amines is 1. The molecule has 1 aromatic heterocycles. The van der Waals surface area contributed by atoms with Crippen molar-refractivity contribution in [3.63, 3.8) is 0 Å². The van der Waals surface area contributed by atoms with Gasteiger partial charge in [0.15, 0.2) is 0 Å². The molecule has 2 rings (SSSR count). The summed E-state index contributed by atoms with van der Waals surface area (Å²) >= 11 is 5.88. The maximum atomic E-state index is 13.8. The zero-order valence-electron chi connectivity index (χ0n) is 10.4. The van der Waals surface area contributed by atoms with Crippen LogP contribution in [-0.2, 0) is 0 Å². The molecular formula is C13H12ClFN2O2. The molecule has 1 N–H and O–H groups in total. The molecule has 0 atom stereocenters. The van der Waals surface area contributed by atoms with Crippen LogP contribution in [0.4, 0.5) is 4.39 Å². The van der Waals surface area contributed by atoms with Crippen LogP contribution in [0.15, 0.2) is 33.9 Å². The van der Waals surface area contributed by atoms with Gasteiger partial charge in [-0.15, -0.1) is 0 Å². The molecule has 6 heteroatoms. The predicted molar refractivity (Wildman–Crippen MR) is 72.1 cm³/mol. The Kier molecular flexibility index (Phi) is 3.57. The second kappa shape index (κ2) is 5.01. The maximum absolute atomic E-state index is 13.8. The molecule has 0 aliphatic carbocycles. The quantitative estimate of drug-likeness (QED) is 0.861. The second-order valence-corrected chi connectivity index (χ2v) is 4.75. The van der Waals surface area contributed by atoms with E-state index in [2.05, 4.69) is 4.98 Å². The fourth-order valence-corrected chi connectivity index (χ4v) is 2.15. The summed E-state index contributed by atoms with van der Waals surface area (Å²) in [6.07, 6.45) is 0. The zero-order valence-corrected chi connectivity index (χ0v) is 11.2. The van der Waals surface area contributed by atoms with Gasteiger partial charge in [-0.1, -0.05) is 29.8 Å². The third-order valence-electron chi connectivity index (χ3n) is 2.75. The lowest BCUT2D eigenvalue weighted by Crippen LogP contribution is -2.37. The second-order valence-electron chi connectivity index (χ2n) is 4.37. The minimum absolute atomic E-state index is 0.0342. The van der Waals surface area contributed by atoms with Crippen LogP contribution in [0.25, 0.3) is 11.1 Å². The van der Waals surface area contributed by atoms with E-state index in [-0.39, 0.29) is 22.3 Å². The number of H-pyrrole nitrogens is 1. The Morgan fingerprint density at radius 1 is 1.26 bits per heavy atom. The number of benzene rings is 1. The van der Waals surface area contributed by atoms with Crippen molar-refractivity contribution in [1.82, 2.24) is 9.55 Å². The molecule has 0 bridgehead atoms. The van der Waals surface area contributed by atoms with Crippen LogP contribution in [0.5, 0.6) is 0 Å². The van der Waals surface area contributed by atoms with Gasteiger partial charge in [-0.05, 0) is 19.9 Å². The van der Waals surface area contributed by atoms with Crippen LogP contribution in [0.1, 0.15) is 19.9 Å².